The van der Waals surface area contributed by atoms with Crippen LogP contribution in [0.4, 0.5) is 20.8 Å². The van der Waals surface area contributed by atoms with Gasteiger partial charge in [0.15, 0.2) is 0 Å². The van der Waals surface area contributed by atoms with Crippen molar-refractivity contribution in [3.05, 3.63) is 47.5 Å². The Kier molecular flexibility index (Phi) is 5.65. The van der Waals surface area contributed by atoms with Gasteiger partial charge in [-0.3, -0.25) is 0 Å². The lowest BCUT2D eigenvalue weighted by atomic mass is 10.0. The highest BCUT2D eigenvalue weighted by molar-refractivity contribution is 5.89. The van der Waals surface area contributed by atoms with Gasteiger partial charge < -0.3 is 15.1 Å². The Hall–Kier alpha value is -2.70. The largest absolute Gasteiger partial charge is 0.341 e. The Bertz CT molecular complexity index is 857. The second kappa shape index (κ2) is 8.35. The van der Waals surface area contributed by atoms with Crippen LogP contribution in [0, 0.1) is 25.6 Å². The van der Waals surface area contributed by atoms with Gasteiger partial charge in [-0.05, 0) is 69.7 Å². The predicted octanol–water partition coefficient (Wildman–Crippen LogP) is 4.15. The summed E-state index contributed by atoms with van der Waals surface area (Å²) in [6, 6.07) is 8.07. The van der Waals surface area contributed by atoms with Gasteiger partial charge in [0.05, 0.1) is 0 Å². The number of nitrogens with zero attached hydrogens (tertiary/aromatic N) is 4. The van der Waals surface area contributed by atoms with Crippen LogP contribution in [0.15, 0.2) is 30.3 Å². The molecule has 2 aliphatic rings. The number of anilines is 2. The number of benzene rings is 1. The molecule has 1 saturated carbocycles. The standard InChI is InChI=1S/C22H28FN5O/c1-15-12-16(2)25-21(24-15)27-10-8-20(9-11-27)28(14-17-6-7-17)22(29)26-19-5-3-4-18(23)13-19/h3-5,12-13,17,20H,6-11,14H2,1-2H3,(H,26,29). The molecule has 0 bridgehead atoms. The molecule has 29 heavy (non-hydrogen) atoms. The predicted molar refractivity (Wildman–Crippen MR) is 112 cm³/mol. The maximum atomic E-state index is 13.5. The third kappa shape index (κ3) is 5.02. The van der Waals surface area contributed by atoms with Crippen molar-refractivity contribution in [3.63, 3.8) is 0 Å². The van der Waals surface area contributed by atoms with Gasteiger partial charge in [-0.25, -0.2) is 19.2 Å². The fraction of sp³-hybridized carbons (Fsp3) is 0.500. The Balaban J connectivity index is 1.42. The lowest BCUT2D eigenvalue weighted by Gasteiger charge is -2.38. The monoisotopic (exact) mass is 397 g/mol. The van der Waals surface area contributed by atoms with E-state index in [2.05, 4.69) is 20.2 Å². The van der Waals surface area contributed by atoms with Crippen molar-refractivity contribution in [2.75, 3.05) is 29.9 Å². The molecule has 1 aliphatic carbocycles. The number of rotatable bonds is 5. The van der Waals surface area contributed by atoms with Gasteiger partial charge in [0.1, 0.15) is 5.82 Å². The highest BCUT2D eigenvalue weighted by Crippen LogP contribution is 2.32. The number of aryl methyl sites for hydroxylation is 2. The van der Waals surface area contributed by atoms with E-state index in [1.54, 1.807) is 12.1 Å². The molecule has 1 saturated heterocycles. The molecule has 6 nitrogen and oxygen atoms in total. The third-order valence-electron chi connectivity index (χ3n) is 5.65. The molecule has 0 atom stereocenters. The highest BCUT2D eigenvalue weighted by Gasteiger charge is 2.33. The average molecular weight is 397 g/mol. The van der Waals surface area contributed by atoms with Crippen molar-refractivity contribution >= 4 is 17.7 Å². The number of hydrogen-bond acceptors (Lipinski definition) is 4. The average Bonchev–Trinajstić information content (AvgIpc) is 3.50. The zero-order chi connectivity index (χ0) is 20.4. The second-order valence-corrected chi connectivity index (χ2v) is 8.21. The number of carbonyl (C=O) groups is 1. The molecule has 1 aromatic heterocycles. The molecule has 0 spiro atoms. The van der Waals surface area contributed by atoms with Crippen LogP contribution in [-0.4, -0.2) is 46.6 Å². The summed E-state index contributed by atoms with van der Waals surface area (Å²) in [4.78, 5) is 26.3. The molecular formula is C22H28FN5O. The minimum Gasteiger partial charge on any atom is -0.341 e. The van der Waals surface area contributed by atoms with E-state index in [1.807, 2.05) is 24.8 Å². The third-order valence-corrected chi connectivity index (χ3v) is 5.65. The van der Waals surface area contributed by atoms with Crippen LogP contribution in [0.5, 0.6) is 0 Å². The molecule has 4 rings (SSSR count). The number of halogens is 1. The Morgan fingerprint density at radius 3 is 2.45 bits per heavy atom. The maximum absolute atomic E-state index is 13.5. The number of urea groups is 1. The molecule has 2 fully saturated rings. The minimum absolute atomic E-state index is 0.136. The van der Waals surface area contributed by atoms with Crippen LogP contribution in [0.1, 0.15) is 37.1 Å². The quantitative estimate of drug-likeness (QED) is 0.824. The number of carbonyl (C=O) groups excluding carboxylic acids is 1. The highest BCUT2D eigenvalue weighted by atomic mass is 19.1. The van der Waals surface area contributed by atoms with E-state index in [0.717, 1.165) is 49.8 Å². The molecule has 7 heteroatoms. The summed E-state index contributed by atoms with van der Waals surface area (Å²) < 4.78 is 13.5. The summed E-state index contributed by atoms with van der Waals surface area (Å²) in [5.74, 6) is 1.02. The van der Waals surface area contributed by atoms with E-state index in [9.17, 15) is 9.18 Å². The lowest BCUT2D eigenvalue weighted by molar-refractivity contribution is 0.170. The van der Waals surface area contributed by atoms with Crippen molar-refractivity contribution < 1.29 is 9.18 Å². The first kappa shape index (κ1) is 19.6. The lowest BCUT2D eigenvalue weighted by Crippen LogP contribution is -2.50. The number of nitrogens with one attached hydrogen (secondary N) is 1. The van der Waals surface area contributed by atoms with Gasteiger partial charge in [0.2, 0.25) is 5.95 Å². The first-order valence-corrected chi connectivity index (χ1v) is 10.4. The summed E-state index contributed by atoms with van der Waals surface area (Å²) in [6.07, 6.45) is 4.11. The Morgan fingerprint density at radius 1 is 1.14 bits per heavy atom. The molecule has 2 heterocycles. The van der Waals surface area contributed by atoms with Crippen molar-refractivity contribution in [2.24, 2.45) is 5.92 Å². The summed E-state index contributed by atoms with van der Waals surface area (Å²) in [5, 5.41) is 2.88. The van der Waals surface area contributed by atoms with Crippen molar-refractivity contribution in [2.45, 2.75) is 45.6 Å². The van der Waals surface area contributed by atoms with Gasteiger partial charge in [0.25, 0.3) is 0 Å². The first-order valence-electron chi connectivity index (χ1n) is 10.4. The van der Waals surface area contributed by atoms with Gasteiger partial charge in [-0.1, -0.05) is 6.07 Å². The molecule has 1 aromatic carbocycles. The fourth-order valence-corrected chi connectivity index (χ4v) is 3.96. The summed E-state index contributed by atoms with van der Waals surface area (Å²) >= 11 is 0. The minimum atomic E-state index is -0.349. The zero-order valence-corrected chi connectivity index (χ0v) is 17.1. The number of aromatic nitrogens is 2. The number of piperidine rings is 1. The maximum Gasteiger partial charge on any atom is 0.322 e. The van der Waals surface area contributed by atoms with Crippen LogP contribution in [0.2, 0.25) is 0 Å². The van der Waals surface area contributed by atoms with Crippen LogP contribution in [-0.2, 0) is 0 Å². The molecule has 0 radical (unpaired) electrons. The van der Waals surface area contributed by atoms with Crippen LogP contribution < -0.4 is 10.2 Å². The number of amides is 2. The first-order chi connectivity index (χ1) is 14.0. The van der Waals surface area contributed by atoms with Crippen molar-refractivity contribution in [1.82, 2.24) is 14.9 Å². The Morgan fingerprint density at radius 2 is 1.83 bits per heavy atom. The molecule has 154 valence electrons. The second-order valence-electron chi connectivity index (χ2n) is 8.21. The SMILES string of the molecule is Cc1cc(C)nc(N2CCC(N(CC3CC3)C(=O)Nc3cccc(F)c3)CC2)n1. The molecule has 1 N–H and O–H groups in total. The molecule has 2 amide bonds. The van der Waals surface area contributed by atoms with Gasteiger partial charge in [0, 0.05) is 42.8 Å². The molecule has 1 aliphatic heterocycles. The van der Waals surface area contributed by atoms with Crippen LogP contribution in [0.25, 0.3) is 0 Å². The Labute approximate surface area is 171 Å². The van der Waals surface area contributed by atoms with E-state index in [0.29, 0.717) is 11.6 Å². The summed E-state index contributed by atoms with van der Waals surface area (Å²) in [7, 11) is 0. The van der Waals surface area contributed by atoms with Crippen molar-refractivity contribution in [3.8, 4) is 0 Å². The summed E-state index contributed by atoms with van der Waals surface area (Å²) in [5.41, 5.74) is 2.44. The van der Waals surface area contributed by atoms with Crippen LogP contribution in [0.3, 0.4) is 0 Å². The van der Waals surface area contributed by atoms with Crippen LogP contribution >= 0.6 is 0 Å². The van der Waals surface area contributed by atoms with E-state index in [1.165, 1.54) is 25.0 Å². The molecular weight excluding hydrogens is 369 g/mol. The fourth-order valence-electron chi connectivity index (χ4n) is 3.96. The van der Waals surface area contributed by atoms with Gasteiger partial charge >= 0.3 is 6.03 Å². The molecule has 2 aromatic rings. The summed E-state index contributed by atoms with van der Waals surface area (Å²) in [6.45, 7) is 6.38. The van der Waals surface area contributed by atoms with Crippen molar-refractivity contribution in [1.29, 1.82) is 0 Å². The van der Waals surface area contributed by atoms with E-state index >= 15 is 0 Å². The van der Waals surface area contributed by atoms with Gasteiger partial charge in [-0.15, -0.1) is 0 Å². The normalized spacial score (nSPS) is 17.3. The number of hydrogen-bond donors (Lipinski definition) is 1. The smallest absolute Gasteiger partial charge is 0.322 e. The topological polar surface area (TPSA) is 61.4 Å². The molecule has 0 unspecified atom stereocenters. The van der Waals surface area contributed by atoms with E-state index in [-0.39, 0.29) is 17.9 Å². The van der Waals surface area contributed by atoms with E-state index in [4.69, 9.17) is 0 Å². The van der Waals surface area contributed by atoms with Gasteiger partial charge in [-0.2, -0.15) is 0 Å². The zero-order valence-electron chi connectivity index (χ0n) is 17.1. The van der Waals surface area contributed by atoms with E-state index < -0.39 is 0 Å².